The van der Waals surface area contributed by atoms with Gasteiger partial charge in [0.1, 0.15) is 12.6 Å². The lowest BCUT2D eigenvalue weighted by molar-refractivity contribution is -0.139. The number of hydrogen-bond donors (Lipinski definition) is 1. The molecule has 7 nitrogen and oxygen atoms in total. The van der Waals surface area contributed by atoms with Gasteiger partial charge in [0.2, 0.25) is 21.8 Å². The van der Waals surface area contributed by atoms with E-state index in [1.165, 1.54) is 4.90 Å². The Bertz CT molecular complexity index is 1070. The molecule has 2 rings (SSSR count). The highest BCUT2D eigenvalue weighted by Gasteiger charge is 2.30. The molecule has 1 N–H and O–H groups in total. The zero-order valence-electron chi connectivity index (χ0n) is 19.5. The molecule has 0 fully saturated rings. The highest BCUT2D eigenvalue weighted by atomic mass is 79.9. The largest absolute Gasteiger partial charge is 0.354 e. The Kier molecular flexibility index (Phi) is 9.91. The van der Waals surface area contributed by atoms with Crippen LogP contribution >= 0.6 is 15.9 Å². The fraction of sp³-hybridized carbons (Fsp3) is 0.417. The van der Waals surface area contributed by atoms with Crippen molar-refractivity contribution in [1.82, 2.24) is 10.2 Å². The van der Waals surface area contributed by atoms with Gasteiger partial charge < -0.3 is 10.2 Å². The number of sulfonamides is 1. The van der Waals surface area contributed by atoms with Crippen molar-refractivity contribution in [3.05, 3.63) is 64.1 Å². The first kappa shape index (κ1) is 26.9. The lowest BCUT2D eigenvalue weighted by Crippen LogP contribution is -2.51. The van der Waals surface area contributed by atoms with Crippen LogP contribution in [0.15, 0.2) is 53.0 Å². The Morgan fingerprint density at radius 2 is 1.82 bits per heavy atom. The molecule has 0 heterocycles. The van der Waals surface area contributed by atoms with Crippen LogP contribution in [0.3, 0.4) is 0 Å². The minimum absolute atomic E-state index is 0.173. The van der Waals surface area contributed by atoms with Gasteiger partial charge in [0.05, 0.1) is 11.9 Å². The summed E-state index contributed by atoms with van der Waals surface area (Å²) in [6, 6.07) is 13.7. The molecule has 0 unspecified atom stereocenters. The van der Waals surface area contributed by atoms with E-state index in [0.717, 1.165) is 39.0 Å². The molecular formula is C24H32BrN3O4S. The molecule has 0 saturated carbocycles. The van der Waals surface area contributed by atoms with Crippen LogP contribution in [-0.2, 0) is 26.2 Å². The third-order valence-corrected chi connectivity index (χ3v) is 6.84. The second-order valence-corrected chi connectivity index (χ2v) is 10.9. The molecule has 180 valence electrons. The van der Waals surface area contributed by atoms with Crippen molar-refractivity contribution in [2.45, 2.75) is 46.2 Å². The van der Waals surface area contributed by atoms with Crippen LogP contribution in [-0.4, -0.2) is 50.5 Å². The first-order chi connectivity index (χ1) is 15.5. The molecule has 0 aliphatic rings. The summed E-state index contributed by atoms with van der Waals surface area (Å²) in [6.45, 7) is 5.85. The van der Waals surface area contributed by atoms with Gasteiger partial charge in [-0.25, -0.2) is 8.42 Å². The molecule has 33 heavy (non-hydrogen) atoms. The molecule has 0 aliphatic carbocycles. The van der Waals surface area contributed by atoms with E-state index in [1.54, 1.807) is 25.1 Å². The SMILES string of the molecule is CCCCNC(=O)[C@H](C)N(Cc1cccc(Br)c1)C(=O)CN(c1cccc(C)c1)S(C)(=O)=O. The number of unbranched alkanes of at least 4 members (excludes halogenated alkanes) is 1. The van der Waals surface area contributed by atoms with Crippen molar-refractivity contribution in [3.8, 4) is 0 Å². The minimum atomic E-state index is -3.73. The van der Waals surface area contributed by atoms with Crippen molar-refractivity contribution in [2.24, 2.45) is 0 Å². The van der Waals surface area contributed by atoms with Crippen molar-refractivity contribution in [2.75, 3.05) is 23.7 Å². The van der Waals surface area contributed by atoms with Crippen LogP contribution < -0.4 is 9.62 Å². The number of benzene rings is 2. The van der Waals surface area contributed by atoms with E-state index in [-0.39, 0.29) is 12.5 Å². The molecule has 0 spiro atoms. The van der Waals surface area contributed by atoms with Crippen molar-refractivity contribution < 1.29 is 18.0 Å². The maximum atomic E-state index is 13.5. The number of carbonyl (C=O) groups is 2. The van der Waals surface area contributed by atoms with Crippen LogP contribution in [0.1, 0.15) is 37.8 Å². The summed E-state index contributed by atoms with van der Waals surface area (Å²) in [4.78, 5) is 27.7. The number of nitrogens with zero attached hydrogens (tertiary/aromatic N) is 2. The summed E-state index contributed by atoms with van der Waals surface area (Å²) < 4.78 is 27.0. The third-order valence-electron chi connectivity index (χ3n) is 5.21. The predicted molar refractivity (Wildman–Crippen MR) is 135 cm³/mol. The topological polar surface area (TPSA) is 86.8 Å². The zero-order valence-corrected chi connectivity index (χ0v) is 21.9. The first-order valence-electron chi connectivity index (χ1n) is 10.9. The van der Waals surface area contributed by atoms with Gasteiger partial charge in [0.25, 0.3) is 0 Å². The molecule has 0 saturated heterocycles. The Morgan fingerprint density at radius 3 is 2.42 bits per heavy atom. The Morgan fingerprint density at radius 1 is 1.12 bits per heavy atom. The second-order valence-electron chi connectivity index (χ2n) is 8.08. The van der Waals surface area contributed by atoms with Gasteiger partial charge in [-0.1, -0.05) is 53.5 Å². The quantitative estimate of drug-likeness (QED) is 0.441. The van der Waals surface area contributed by atoms with Crippen LogP contribution in [0.2, 0.25) is 0 Å². The highest BCUT2D eigenvalue weighted by molar-refractivity contribution is 9.10. The highest BCUT2D eigenvalue weighted by Crippen LogP contribution is 2.21. The summed E-state index contributed by atoms with van der Waals surface area (Å²) in [5, 5.41) is 2.86. The second kappa shape index (κ2) is 12.2. The summed E-state index contributed by atoms with van der Waals surface area (Å²) >= 11 is 3.43. The monoisotopic (exact) mass is 537 g/mol. The van der Waals surface area contributed by atoms with Crippen LogP contribution in [0.4, 0.5) is 5.69 Å². The van der Waals surface area contributed by atoms with Crippen molar-refractivity contribution >= 4 is 43.5 Å². The first-order valence-corrected chi connectivity index (χ1v) is 13.5. The van der Waals surface area contributed by atoms with E-state index in [0.29, 0.717) is 12.2 Å². The maximum absolute atomic E-state index is 13.5. The Labute approximate surface area is 205 Å². The molecule has 9 heteroatoms. The number of amides is 2. The fourth-order valence-electron chi connectivity index (χ4n) is 3.35. The van der Waals surface area contributed by atoms with Gasteiger partial charge in [-0.3, -0.25) is 13.9 Å². The number of nitrogens with one attached hydrogen (secondary N) is 1. The normalized spacial score (nSPS) is 12.2. The van der Waals surface area contributed by atoms with Crippen LogP contribution in [0, 0.1) is 6.92 Å². The smallest absolute Gasteiger partial charge is 0.244 e. The summed E-state index contributed by atoms with van der Waals surface area (Å²) in [6.07, 6.45) is 2.85. The number of rotatable bonds is 11. The van der Waals surface area contributed by atoms with Crippen molar-refractivity contribution in [3.63, 3.8) is 0 Å². The number of carbonyl (C=O) groups excluding carboxylic acids is 2. The molecule has 2 aromatic rings. The lowest BCUT2D eigenvalue weighted by Gasteiger charge is -2.31. The number of aryl methyl sites for hydroxylation is 1. The fourth-order valence-corrected chi connectivity index (χ4v) is 4.64. The zero-order chi connectivity index (χ0) is 24.6. The summed E-state index contributed by atoms with van der Waals surface area (Å²) in [7, 11) is -3.73. The average molecular weight is 539 g/mol. The van der Waals surface area contributed by atoms with Gasteiger partial charge >= 0.3 is 0 Å². The summed E-state index contributed by atoms with van der Waals surface area (Å²) in [5.74, 6) is -0.728. The molecule has 0 bridgehead atoms. The lowest BCUT2D eigenvalue weighted by atomic mass is 10.1. The number of halogens is 1. The van der Waals surface area contributed by atoms with E-state index >= 15 is 0 Å². The molecule has 0 aliphatic heterocycles. The van der Waals surface area contributed by atoms with Gasteiger partial charge in [0, 0.05) is 17.6 Å². The molecule has 2 amide bonds. The van der Waals surface area contributed by atoms with E-state index in [1.807, 2.05) is 44.2 Å². The molecule has 2 aromatic carbocycles. The maximum Gasteiger partial charge on any atom is 0.244 e. The average Bonchev–Trinajstić information content (AvgIpc) is 2.74. The molecule has 0 aromatic heterocycles. The standard InChI is InChI=1S/C24H32BrN3O4S/c1-5-6-13-26-24(30)19(3)27(16-20-10-8-11-21(25)15-20)23(29)17-28(33(4,31)32)22-12-7-9-18(2)14-22/h7-12,14-15,19H,5-6,13,16-17H2,1-4H3,(H,26,30)/t19-/m0/s1. The minimum Gasteiger partial charge on any atom is -0.354 e. The molecule has 1 atom stereocenters. The Hall–Kier alpha value is -2.39. The van der Waals surface area contributed by atoms with Gasteiger partial charge in [-0.2, -0.15) is 0 Å². The number of anilines is 1. The molecular weight excluding hydrogens is 506 g/mol. The number of hydrogen-bond acceptors (Lipinski definition) is 4. The van der Waals surface area contributed by atoms with Crippen molar-refractivity contribution in [1.29, 1.82) is 0 Å². The van der Waals surface area contributed by atoms with E-state index < -0.39 is 28.5 Å². The third kappa shape index (κ3) is 8.16. The van der Waals surface area contributed by atoms with E-state index in [2.05, 4.69) is 21.2 Å². The predicted octanol–water partition coefficient (Wildman–Crippen LogP) is 3.86. The van der Waals surface area contributed by atoms with Gasteiger partial charge in [0.15, 0.2) is 0 Å². The van der Waals surface area contributed by atoms with Gasteiger partial charge in [-0.05, 0) is 55.7 Å². The Balaban J connectivity index is 2.34. The van der Waals surface area contributed by atoms with E-state index in [4.69, 9.17) is 0 Å². The van der Waals surface area contributed by atoms with E-state index in [9.17, 15) is 18.0 Å². The van der Waals surface area contributed by atoms with Gasteiger partial charge in [-0.15, -0.1) is 0 Å². The van der Waals surface area contributed by atoms with Crippen LogP contribution in [0.5, 0.6) is 0 Å². The molecule has 0 radical (unpaired) electrons. The summed E-state index contributed by atoms with van der Waals surface area (Å²) in [5.41, 5.74) is 2.11. The van der Waals surface area contributed by atoms with Crippen LogP contribution in [0.25, 0.3) is 0 Å².